The van der Waals surface area contributed by atoms with Crippen LogP contribution in [-0.2, 0) is 9.53 Å². The molecule has 0 saturated heterocycles. The predicted octanol–water partition coefficient (Wildman–Crippen LogP) is 3.84. The summed E-state index contributed by atoms with van der Waals surface area (Å²) in [4.78, 5) is 11.9. The molecule has 1 aliphatic rings. The third kappa shape index (κ3) is 3.78. The molecule has 4 nitrogen and oxygen atoms in total. The van der Waals surface area contributed by atoms with Crippen LogP contribution in [0, 0.1) is 5.92 Å². The van der Waals surface area contributed by atoms with Crippen LogP contribution in [0.1, 0.15) is 26.2 Å². The first-order valence-corrected chi connectivity index (χ1v) is 7.34. The number of phenolic OH excluding ortho intramolecular Hbond substituents is 1. The molecule has 1 aliphatic carbocycles. The van der Waals surface area contributed by atoms with Crippen molar-refractivity contribution in [3.63, 3.8) is 0 Å². The summed E-state index contributed by atoms with van der Waals surface area (Å²) in [6.45, 7) is 2.69. The van der Waals surface area contributed by atoms with Crippen molar-refractivity contribution in [3.8, 4) is 5.75 Å². The van der Waals surface area contributed by atoms with Gasteiger partial charge in [-0.2, -0.15) is 0 Å². The Morgan fingerprint density at radius 1 is 1.40 bits per heavy atom. The minimum Gasteiger partial charge on any atom is -0.505 e. The van der Waals surface area contributed by atoms with Gasteiger partial charge < -0.3 is 15.2 Å². The monoisotopic (exact) mass is 317 g/mol. The average Bonchev–Trinajstić information content (AvgIpc) is 2.33. The highest BCUT2D eigenvalue weighted by molar-refractivity contribution is 6.37. The third-order valence-electron chi connectivity index (χ3n) is 3.37. The summed E-state index contributed by atoms with van der Waals surface area (Å²) in [6.07, 6.45) is 2.62. The highest BCUT2D eigenvalue weighted by Crippen LogP contribution is 2.35. The van der Waals surface area contributed by atoms with Gasteiger partial charge in [0, 0.05) is 18.7 Å². The number of aromatic hydroxyl groups is 1. The van der Waals surface area contributed by atoms with E-state index in [0.717, 1.165) is 12.8 Å². The number of ether oxygens (including phenoxy) is 1. The van der Waals surface area contributed by atoms with Gasteiger partial charge in [-0.3, -0.25) is 4.79 Å². The van der Waals surface area contributed by atoms with E-state index >= 15 is 0 Å². The molecule has 0 heterocycles. The number of carbonyl (C=O) groups excluding carboxylic acids is 1. The SMILES string of the molecule is CCOC1CC(CC(=O)Nc2cc(Cl)c(O)c(Cl)c2)C1. The summed E-state index contributed by atoms with van der Waals surface area (Å²) in [5.74, 6) is 0.113. The highest BCUT2D eigenvalue weighted by atomic mass is 35.5. The van der Waals surface area contributed by atoms with Gasteiger partial charge in [0.2, 0.25) is 5.91 Å². The molecular weight excluding hydrogens is 301 g/mol. The number of nitrogens with one attached hydrogen (secondary N) is 1. The summed E-state index contributed by atoms with van der Waals surface area (Å²) in [6, 6.07) is 2.95. The predicted molar refractivity (Wildman–Crippen MR) is 79.5 cm³/mol. The first-order valence-electron chi connectivity index (χ1n) is 6.59. The number of phenols is 1. The quantitative estimate of drug-likeness (QED) is 0.811. The van der Waals surface area contributed by atoms with Gasteiger partial charge in [0.25, 0.3) is 0 Å². The number of rotatable bonds is 5. The van der Waals surface area contributed by atoms with Crippen molar-refractivity contribution in [1.29, 1.82) is 0 Å². The van der Waals surface area contributed by atoms with E-state index < -0.39 is 0 Å². The van der Waals surface area contributed by atoms with Crippen LogP contribution < -0.4 is 5.32 Å². The Morgan fingerprint density at radius 3 is 2.55 bits per heavy atom. The van der Waals surface area contributed by atoms with Crippen LogP contribution in [0.4, 0.5) is 5.69 Å². The number of anilines is 1. The number of amides is 1. The molecular formula is C14H17Cl2NO3. The van der Waals surface area contributed by atoms with Gasteiger partial charge in [-0.05, 0) is 37.8 Å². The fraction of sp³-hybridized carbons (Fsp3) is 0.500. The molecule has 1 aromatic carbocycles. The van der Waals surface area contributed by atoms with Gasteiger partial charge >= 0.3 is 0 Å². The third-order valence-corrected chi connectivity index (χ3v) is 3.95. The Bertz CT molecular complexity index is 478. The molecule has 1 saturated carbocycles. The number of hydrogen-bond donors (Lipinski definition) is 2. The lowest BCUT2D eigenvalue weighted by atomic mass is 9.80. The molecule has 0 bridgehead atoms. The average molecular weight is 318 g/mol. The lowest BCUT2D eigenvalue weighted by Crippen LogP contribution is -2.33. The van der Waals surface area contributed by atoms with Crippen molar-refractivity contribution in [2.75, 3.05) is 11.9 Å². The van der Waals surface area contributed by atoms with Crippen molar-refractivity contribution < 1.29 is 14.6 Å². The zero-order chi connectivity index (χ0) is 14.7. The van der Waals surface area contributed by atoms with Gasteiger partial charge in [-0.1, -0.05) is 23.2 Å². The normalized spacial score (nSPS) is 21.4. The van der Waals surface area contributed by atoms with Crippen molar-refractivity contribution in [3.05, 3.63) is 22.2 Å². The summed E-state index contributed by atoms with van der Waals surface area (Å²) in [5, 5.41) is 12.4. The Balaban J connectivity index is 1.84. The summed E-state index contributed by atoms with van der Waals surface area (Å²) < 4.78 is 5.46. The molecule has 0 spiro atoms. The molecule has 0 aromatic heterocycles. The topological polar surface area (TPSA) is 58.6 Å². The van der Waals surface area contributed by atoms with Crippen LogP contribution in [0.15, 0.2) is 12.1 Å². The van der Waals surface area contributed by atoms with Crippen LogP contribution in [0.5, 0.6) is 5.75 Å². The van der Waals surface area contributed by atoms with E-state index in [-0.39, 0.29) is 21.7 Å². The Hall–Kier alpha value is -0.970. The second-order valence-electron chi connectivity index (χ2n) is 4.96. The number of halogens is 2. The fourth-order valence-electron chi connectivity index (χ4n) is 2.32. The second-order valence-corrected chi connectivity index (χ2v) is 5.77. The van der Waals surface area contributed by atoms with Crippen molar-refractivity contribution >= 4 is 34.8 Å². The first kappa shape index (κ1) is 15.4. The molecule has 2 N–H and O–H groups in total. The van der Waals surface area contributed by atoms with E-state index in [1.165, 1.54) is 12.1 Å². The maximum absolute atomic E-state index is 11.9. The van der Waals surface area contributed by atoms with E-state index in [0.29, 0.717) is 30.7 Å². The maximum atomic E-state index is 11.9. The lowest BCUT2D eigenvalue weighted by Gasteiger charge is -2.34. The fourth-order valence-corrected chi connectivity index (χ4v) is 2.81. The Kier molecular flexibility index (Phi) is 5.13. The highest BCUT2D eigenvalue weighted by Gasteiger charge is 2.31. The first-order chi connectivity index (χ1) is 9.49. The van der Waals surface area contributed by atoms with Crippen molar-refractivity contribution in [1.82, 2.24) is 0 Å². The van der Waals surface area contributed by atoms with Crippen LogP contribution in [0.3, 0.4) is 0 Å². The van der Waals surface area contributed by atoms with Crippen LogP contribution in [-0.4, -0.2) is 23.7 Å². The van der Waals surface area contributed by atoms with Gasteiger partial charge in [0.05, 0.1) is 16.1 Å². The molecule has 0 radical (unpaired) electrons. The minimum absolute atomic E-state index is 0.0808. The minimum atomic E-state index is -0.176. The van der Waals surface area contributed by atoms with E-state index in [2.05, 4.69) is 5.32 Å². The summed E-state index contributed by atoms with van der Waals surface area (Å²) in [5.41, 5.74) is 0.489. The van der Waals surface area contributed by atoms with E-state index in [1.54, 1.807) is 0 Å². The zero-order valence-electron chi connectivity index (χ0n) is 11.2. The van der Waals surface area contributed by atoms with Crippen molar-refractivity contribution in [2.24, 2.45) is 5.92 Å². The number of benzene rings is 1. The summed E-state index contributed by atoms with van der Waals surface area (Å²) in [7, 11) is 0. The molecule has 0 atom stereocenters. The molecule has 1 aromatic rings. The molecule has 0 aliphatic heterocycles. The second kappa shape index (κ2) is 6.66. The molecule has 20 heavy (non-hydrogen) atoms. The molecule has 0 unspecified atom stereocenters. The molecule has 6 heteroatoms. The standard InChI is InChI=1S/C14H17Cl2NO3/c1-2-20-10-3-8(4-10)5-13(18)17-9-6-11(15)14(19)12(16)7-9/h6-8,10,19H,2-5H2,1H3,(H,17,18). The Morgan fingerprint density at radius 2 is 2.00 bits per heavy atom. The number of carbonyl (C=O) groups is 1. The molecule has 2 rings (SSSR count). The van der Waals surface area contributed by atoms with E-state index in [4.69, 9.17) is 27.9 Å². The summed E-state index contributed by atoms with van der Waals surface area (Å²) >= 11 is 11.6. The van der Waals surface area contributed by atoms with E-state index in [9.17, 15) is 9.90 Å². The van der Waals surface area contributed by atoms with Gasteiger partial charge in [0.1, 0.15) is 0 Å². The zero-order valence-corrected chi connectivity index (χ0v) is 12.7. The number of hydrogen-bond acceptors (Lipinski definition) is 3. The van der Waals surface area contributed by atoms with Crippen LogP contribution in [0.2, 0.25) is 10.0 Å². The van der Waals surface area contributed by atoms with Gasteiger partial charge in [-0.15, -0.1) is 0 Å². The molecule has 1 fully saturated rings. The molecule has 110 valence electrons. The maximum Gasteiger partial charge on any atom is 0.224 e. The van der Waals surface area contributed by atoms with E-state index in [1.807, 2.05) is 6.92 Å². The van der Waals surface area contributed by atoms with Crippen LogP contribution in [0.25, 0.3) is 0 Å². The van der Waals surface area contributed by atoms with Crippen molar-refractivity contribution in [2.45, 2.75) is 32.3 Å². The lowest BCUT2D eigenvalue weighted by molar-refractivity contribution is -0.119. The van der Waals surface area contributed by atoms with Gasteiger partial charge in [0.15, 0.2) is 5.75 Å². The largest absolute Gasteiger partial charge is 0.505 e. The van der Waals surface area contributed by atoms with Gasteiger partial charge in [-0.25, -0.2) is 0 Å². The van der Waals surface area contributed by atoms with Crippen LogP contribution >= 0.6 is 23.2 Å². The smallest absolute Gasteiger partial charge is 0.224 e. The Labute approximate surface area is 128 Å². The molecule has 1 amide bonds.